The molecule has 1 N–H and O–H groups in total. The number of aromatic nitrogens is 4. The number of aryl methyl sites for hydroxylation is 2. The Bertz CT molecular complexity index is 773. The summed E-state index contributed by atoms with van der Waals surface area (Å²) < 4.78 is 9.47. The van der Waals surface area contributed by atoms with E-state index in [1.165, 1.54) is 0 Å². The van der Waals surface area contributed by atoms with E-state index in [0.29, 0.717) is 17.3 Å². The molecule has 0 atom stereocenters. The van der Waals surface area contributed by atoms with Crippen LogP contribution in [0, 0.1) is 13.8 Å². The molecule has 0 radical (unpaired) electrons. The minimum Gasteiger partial charge on any atom is -0.433 e. The van der Waals surface area contributed by atoms with Crippen molar-refractivity contribution in [2.45, 2.75) is 20.5 Å². The number of imidazole rings is 1. The van der Waals surface area contributed by atoms with Crippen LogP contribution in [0.25, 0.3) is 5.65 Å². The summed E-state index contributed by atoms with van der Waals surface area (Å²) in [5, 5.41) is 13.9. The van der Waals surface area contributed by atoms with Crippen molar-refractivity contribution < 1.29 is 9.84 Å². The summed E-state index contributed by atoms with van der Waals surface area (Å²) in [7, 11) is 1.87. The van der Waals surface area contributed by atoms with Gasteiger partial charge in [0, 0.05) is 13.2 Å². The fourth-order valence-electron chi connectivity index (χ4n) is 2.25. The Kier molecular flexibility index (Phi) is 2.94. The summed E-state index contributed by atoms with van der Waals surface area (Å²) in [5.74, 6) is 1.10. The fraction of sp³-hybridized carbons (Fsp3) is 0.286. The molecule has 0 fully saturated rings. The molecule has 3 aromatic heterocycles. The van der Waals surface area contributed by atoms with E-state index < -0.39 is 0 Å². The Morgan fingerprint density at radius 3 is 2.75 bits per heavy atom. The predicted octanol–water partition coefficient (Wildman–Crippen LogP) is 1.97. The summed E-state index contributed by atoms with van der Waals surface area (Å²) in [5.41, 5.74) is 3.09. The third-order valence-corrected chi connectivity index (χ3v) is 3.38. The number of ether oxygens (including phenoxy) is 1. The predicted molar refractivity (Wildman–Crippen MR) is 73.9 cm³/mol. The molecule has 0 aliphatic rings. The third-order valence-electron chi connectivity index (χ3n) is 3.38. The second-order valence-electron chi connectivity index (χ2n) is 4.68. The normalized spacial score (nSPS) is 11.2. The van der Waals surface area contributed by atoms with Crippen molar-refractivity contribution in [1.82, 2.24) is 19.2 Å². The maximum Gasteiger partial charge on any atom is 0.244 e. The number of rotatable bonds is 3. The molecular formula is C14H16N4O2. The van der Waals surface area contributed by atoms with E-state index >= 15 is 0 Å². The van der Waals surface area contributed by atoms with E-state index in [1.807, 2.05) is 49.7 Å². The number of nitrogens with zero attached hydrogens (tertiary/aromatic N) is 4. The SMILES string of the molecule is Cc1nn(C)c(C)c1Oc1nc2ccccn2c1CO. The monoisotopic (exact) mass is 272 g/mol. The first-order chi connectivity index (χ1) is 9.61. The lowest BCUT2D eigenvalue weighted by molar-refractivity contribution is 0.269. The van der Waals surface area contributed by atoms with E-state index in [2.05, 4.69) is 10.1 Å². The molecular weight excluding hydrogens is 256 g/mol. The van der Waals surface area contributed by atoms with Gasteiger partial charge in [0.05, 0.1) is 12.3 Å². The van der Waals surface area contributed by atoms with Crippen LogP contribution in [0.1, 0.15) is 17.1 Å². The maximum absolute atomic E-state index is 9.57. The Morgan fingerprint density at radius 2 is 2.10 bits per heavy atom. The average Bonchev–Trinajstić information content (AvgIpc) is 2.91. The molecule has 3 aromatic rings. The summed E-state index contributed by atoms with van der Waals surface area (Å²) in [6.45, 7) is 3.68. The highest BCUT2D eigenvalue weighted by atomic mass is 16.5. The van der Waals surface area contributed by atoms with Crippen LogP contribution in [0.3, 0.4) is 0 Å². The van der Waals surface area contributed by atoms with Crippen LogP contribution in [0.2, 0.25) is 0 Å². The quantitative estimate of drug-likeness (QED) is 0.791. The molecule has 0 saturated carbocycles. The fourth-order valence-corrected chi connectivity index (χ4v) is 2.25. The van der Waals surface area contributed by atoms with Crippen LogP contribution in [0.4, 0.5) is 0 Å². The highest BCUT2D eigenvalue weighted by Crippen LogP contribution is 2.30. The first-order valence-electron chi connectivity index (χ1n) is 6.36. The number of hydrogen-bond donors (Lipinski definition) is 1. The lowest BCUT2D eigenvalue weighted by Crippen LogP contribution is -1.96. The number of fused-ring (bicyclic) bond motifs is 1. The molecule has 20 heavy (non-hydrogen) atoms. The van der Waals surface area contributed by atoms with Crippen molar-refractivity contribution in [3.05, 3.63) is 41.5 Å². The minimum absolute atomic E-state index is 0.140. The molecule has 0 spiro atoms. The minimum atomic E-state index is -0.140. The van der Waals surface area contributed by atoms with Gasteiger partial charge in [-0.3, -0.25) is 9.08 Å². The molecule has 3 rings (SSSR count). The van der Waals surface area contributed by atoms with Gasteiger partial charge in [-0.2, -0.15) is 10.1 Å². The highest BCUT2D eigenvalue weighted by molar-refractivity contribution is 5.47. The van der Waals surface area contributed by atoms with Crippen LogP contribution >= 0.6 is 0 Å². The standard InChI is InChI=1S/C14H16N4O2/c1-9-13(10(2)17(3)16-9)20-14-11(8-19)18-7-5-4-6-12(18)15-14/h4-7,19H,8H2,1-3H3. The van der Waals surface area contributed by atoms with Crippen molar-refractivity contribution in [3.63, 3.8) is 0 Å². The second kappa shape index (κ2) is 4.64. The third kappa shape index (κ3) is 1.85. The van der Waals surface area contributed by atoms with Crippen molar-refractivity contribution in [3.8, 4) is 11.6 Å². The summed E-state index contributed by atoms with van der Waals surface area (Å²) in [6.07, 6.45) is 1.85. The zero-order valence-corrected chi connectivity index (χ0v) is 11.7. The zero-order chi connectivity index (χ0) is 14.3. The van der Waals surface area contributed by atoms with E-state index in [4.69, 9.17) is 4.74 Å². The summed E-state index contributed by atoms with van der Waals surface area (Å²) in [6, 6.07) is 5.65. The highest BCUT2D eigenvalue weighted by Gasteiger charge is 2.17. The molecule has 104 valence electrons. The first kappa shape index (κ1) is 12.7. The van der Waals surface area contributed by atoms with Gasteiger partial charge in [0.2, 0.25) is 5.88 Å². The molecule has 0 aliphatic heterocycles. The summed E-state index contributed by atoms with van der Waals surface area (Å²) in [4.78, 5) is 4.41. The van der Waals surface area contributed by atoms with Crippen LogP contribution < -0.4 is 4.74 Å². The van der Waals surface area contributed by atoms with Gasteiger partial charge in [0.1, 0.15) is 17.0 Å². The molecule has 6 nitrogen and oxygen atoms in total. The lowest BCUT2D eigenvalue weighted by atomic mass is 10.3. The topological polar surface area (TPSA) is 64.6 Å². The Morgan fingerprint density at radius 1 is 1.30 bits per heavy atom. The molecule has 0 aliphatic carbocycles. The second-order valence-corrected chi connectivity index (χ2v) is 4.68. The van der Waals surface area contributed by atoms with Gasteiger partial charge < -0.3 is 9.84 Å². The Labute approximate surface area is 116 Å². The Balaban J connectivity index is 2.10. The van der Waals surface area contributed by atoms with Gasteiger partial charge in [-0.1, -0.05) is 6.07 Å². The van der Waals surface area contributed by atoms with Crippen molar-refractivity contribution >= 4 is 5.65 Å². The molecule has 3 heterocycles. The van der Waals surface area contributed by atoms with Gasteiger partial charge in [-0.25, -0.2) is 0 Å². The average molecular weight is 272 g/mol. The smallest absolute Gasteiger partial charge is 0.244 e. The molecule has 0 aromatic carbocycles. The molecule has 0 unspecified atom stereocenters. The van der Waals surface area contributed by atoms with Crippen molar-refractivity contribution in [2.75, 3.05) is 0 Å². The van der Waals surface area contributed by atoms with Gasteiger partial charge in [-0.15, -0.1) is 0 Å². The van der Waals surface area contributed by atoms with E-state index in [-0.39, 0.29) is 6.61 Å². The summed E-state index contributed by atoms with van der Waals surface area (Å²) >= 11 is 0. The maximum atomic E-state index is 9.57. The molecule has 0 amide bonds. The van der Waals surface area contributed by atoms with E-state index in [0.717, 1.165) is 17.0 Å². The Hall–Kier alpha value is -2.34. The van der Waals surface area contributed by atoms with Gasteiger partial charge in [-0.05, 0) is 26.0 Å². The number of aliphatic hydroxyl groups is 1. The number of hydrogen-bond acceptors (Lipinski definition) is 4. The van der Waals surface area contributed by atoms with Gasteiger partial charge in [0.25, 0.3) is 0 Å². The first-order valence-corrected chi connectivity index (χ1v) is 6.36. The van der Waals surface area contributed by atoms with E-state index in [1.54, 1.807) is 4.68 Å². The van der Waals surface area contributed by atoms with Crippen LogP contribution in [0.5, 0.6) is 11.6 Å². The molecule has 6 heteroatoms. The van der Waals surface area contributed by atoms with E-state index in [9.17, 15) is 5.11 Å². The molecule has 0 saturated heterocycles. The lowest BCUT2D eigenvalue weighted by Gasteiger charge is -2.04. The van der Waals surface area contributed by atoms with Crippen LogP contribution in [-0.4, -0.2) is 24.3 Å². The number of pyridine rings is 1. The van der Waals surface area contributed by atoms with Crippen molar-refractivity contribution in [1.29, 1.82) is 0 Å². The van der Waals surface area contributed by atoms with Crippen molar-refractivity contribution in [2.24, 2.45) is 7.05 Å². The van der Waals surface area contributed by atoms with Gasteiger partial charge >= 0.3 is 0 Å². The van der Waals surface area contributed by atoms with Crippen LogP contribution in [-0.2, 0) is 13.7 Å². The van der Waals surface area contributed by atoms with Crippen LogP contribution in [0.15, 0.2) is 24.4 Å². The van der Waals surface area contributed by atoms with Gasteiger partial charge in [0.15, 0.2) is 5.75 Å². The molecule has 0 bridgehead atoms. The zero-order valence-electron chi connectivity index (χ0n) is 11.7. The number of aliphatic hydroxyl groups excluding tert-OH is 1. The largest absolute Gasteiger partial charge is 0.433 e.